The van der Waals surface area contributed by atoms with Gasteiger partial charge in [0, 0.05) is 7.62 Å². The van der Waals surface area contributed by atoms with E-state index < -0.39 is 27.3 Å². The quantitative estimate of drug-likeness (QED) is 0.355. The number of rotatable bonds is 5. The summed E-state index contributed by atoms with van der Waals surface area (Å²) >= 11 is 22.3. The smallest absolute Gasteiger partial charge is 0.338 e. The topological polar surface area (TPSA) is 153 Å². The van der Waals surface area contributed by atoms with Gasteiger partial charge >= 0.3 is 5.97 Å². The molecule has 0 aromatic carbocycles. The van der Waals surface area contributed by atoms with Crippen molar-refractivity contribution >= 4 is 73.8 Å². The Morgan fingerprint density at radius 3 is 1.94 bits per heavy atom. The molecule has 14 heteroatoms. The average Bonchev–Trinajstić information content (AvgIpc) is 2.67. The van der Waals surface area contributed by atoms with E-state index in [9.17, 15) is 18.0 Å². The number of halogens is 4. The van der Waals surface area contributed by atoms with E-state index in [0.717, 1.165) is 0 Å². The fourth-order valence-corrected chi connectivity index (χ4v) is 4.37. The van der Waals surface area contributed by atoms with E-state index >= 15 is 0 Å². The van der Waals surface area contributed by atoms with Crippen molar-refractivity contribution in [3.05, 3.63) is 74.3 Å². The number of carboxylic acid groups (broad SMARTS) is 1. The van der Waals surface area contributed by atoms with Crippen LogP contribution in [-0.4, -0.2) is 46.0 Å². The van der Waals surface area contributed by atoms with E-state index in [1.807, 2.05) is 0 Å². The van der Waals surface area contributed by atoms with Crippen molar-refractivity contribution in [1.82, 2.24) is 15.0 Å². The van der Waals surface area contributed by atoms with Gasteiger partial charge in [-0.15, -0.1) is 0 Å². The Labute approximate surface area is 203 Å². The molecule has 0 saturated carbocycles. The third kappa shape index (κ3) is 6.75. The molecule has 0 fully saturated rings. The Balaban J connectivity index is 0.000000385. The molecule has 170 valence electrons. The summed E-state index contributed by atoms with van der Waals surface area (Å²) in [6.45, 7) is 0. The summed E-state index contributed by atoms with van der Waals surface area (Å²) in [5.74, 6) is -2.76. The highest BCUT2D eigenvalue weighted by Gasteiger charge is 2.24. The second-order valence-corrected chi connectivity index (χ2v) is 9.27. The maximum Gasteiger partial charge on any atom is 0.338 e. The molecule has 0 unspecified atom stereocenters. The van der Waals surface area contributed by atoms with Gasteiger partial charge in [-0.25, -0.2) is 28.2 Å². The first kappa shape index (κ1) is 25.8. The number of ketones is 1. The molecule has 0 aliphatic carbocycles. The van der Waals surface area contributed by atoms with Crippen LogP contribution in [0.3, 0.4) is 0 Å². The summed E-state index contributed by atoms with van der Waals surface area (Å²) in [4.78, 5) is 33.2. The van der Waals surface area contributed by atoms with Crippen molar-refractivity contribution in [1.29, 1.82) is 0 Å². The average molecular weight is 540 g/mol. The zero-order valence-electron chi connectivity index (χ0n) is 15.7. The molecular weight excluding hydrogens is 526 g/mol. The number of aromatic carboxylic acids is 1. The molecule has 32 heavy (non-hydrogen) atoms. The molecule has 0 bridgehead atoms. The fraction of sp³-hybridized carbons (Fsp3) is 0.0556. The van der Waals surface area contributed by atoms with Crippen LogP contribution in [0.25, 0.3) is 0 Å². The van der Waals surface area contributed by atoms with Crippen LogP contribution < -0.4 is 5.73 Å². The van der Waals surface area contributed by atoms with Crippen molar-refractivity contribution in [2.24, 2.45) is 0 Å². The van der Waals surface area contributed by atoms with Crippen LogP contribution in [0.15, 0.2) is 47.5 Å². The van der Waals surface area contributed by atoms with Gasteiger partial charge in [0.2, 0.25) is 0 Å². The summed E-state index contributed by atoms with van der Waals surface area (Å²) in [6, 6.07) is 8.06. The van der Waals surface area contributed by atoms with Crippen LogP contribution in [0.5, 0.6) is 0 Å². The van der Waals surface area contributed by atoms with Crippen molar-refractivity contribution in [3.63, 3.8) is 0 Å². The highest BCUT2D eigenvalue weighted by atomic mass is 35.5. The number of nitrogen functional groups attached to an aromatic ring is 1. The molecule has 0 atom stereocenters. The number of Topliss-reactive ketones (excluding diaryl/α,β-unsaturated/α-hetero) is 1. The maximum atomic E-state index is 12.2. The third-order valence-corrected chi connectivity index (χ3v) is 6.27. The van der Waals surface area contributed by atoms with Gasteiger partial charge in [0.05, 0.1) is 11.1 Å². The number of carbonyl (C=O) groups is 2. The molecule has 0 aliphatic heterocycles. The predicted octanol–water partition coefficient (Wildman–Crippen LogP) is 4.35. The maximum absolute atomic E-state index is 12.2. The minimum Gasteiger partial charge on any atom is -0.478 e. The molecule has 3 aromatic heterocycles. The van der Waals surface area contributed by atoms with Crippen molar-refractivity contribution in [2.75, 3.05) is 11.5 Å². The Morgan fingerprint density at radius 1 is 0.938 bits per heavy atom. The number of sulfone groups is 1. The fourth-order valence-electron chi connectivity index (χ4n) is 2.19. The van der Waals surface area contributed by atoms with E-state index in [0.29, 0.717) is 0 Å². The SMILES string of the molecule is Nc1ncccc1S(=O)(=O)CC(=O)c1ccc(Cl)nc1Cl.O=C(O)c1ccc(Cl)nc1Cl.[HH]. The number of nitrogens with zero attached hydrogens (tertiary/aromatic N) is 3. The van der Waals surface area contributed by atoms with Gasteiger partial charge in [0.25, 0.3) is 0 Å². The Kier molecular flexibility index (Phi) is 8.76. The number of hydrogen-bond donors (Lipinski definition) is 2. The molecular formula is C18H14Cl4N4O5S. The normalized spacial score (nSPS) is 10.8. The van der Waals surface area contributed by atoms with Gasteiger partial charge in [0.1, 0.15) is 37.1 Å². The lowest BCUT2D eigenvalue weighted by atomic mass is 10.2. The van der Waals surface area contributed by atoms with E-state index in [-0.39, 0.29) is 43.9 Å². The minimum atomic E-state index is -3.92. The molecule has 9 nitrogen and oxygen atoms in total. The largest absolute Gasteiger partial charge is 0.478 e. The van der Waals surface area contributed by atoms with Crippen LogP contribution in [0.4, 0.5) is 5.82 Å². The van der Waals surface area contributed by atoms with Gasteiger partial charge in [-0.3, -0.25) is 4.79 Å². The first-order chi connectivity index (χ1) is 14.9. The number of pyridine rings is 3. The van der Waals surface area contributed by atoms with E-state index in [2.05, 4.69) is 15.0 Å². The van der Waals surface area contributed by atoms with Crippen LogP contribution in [0.2, 0.25) is 20.6 Å². The highest BCUT2D eigenvalue weighted by Crippen LogP contribution is 2.21. The Morgan fingerprint density at radius 2 is 1.47 bits per heavy atom. The number of anilines is 1. The van der Waals surface area contributed by atoms with Crippen molar-refractivity contribution < 1.29 is 24.5 Å². The van der Waals surface area contributed by atoms with E-state index in [1.54, 1.807) is 0 Å². The van der Waals surface area contributed by atoms with Crippen molar-refractivity contribution in [2.45, 2.75) is 4.90 Å². The van der Waals surface area contributed by atoms with Gasteiger partial charge in [-0.1, -0.05) is 46.4 Å². The summed E-state index contributed by atoms with van der Waals surface area (Å²) in [5, 5.41) is 8.53. The predicted molar refractivity (Wildman–Crippen MR) is 123 cm³/mol. The zero-order valence-corrected chi connectivity index (χ0v) is 19.5. The number of nitrogens with two attached hydrogens (primary N) is 1. The Hall–Kier alpha value is -2.50. The summed E-state index contributed by atoms with van der Waals surface area (Å²) in [6.07, 6.45) is 1.36. The van der Waals surface area contributed by atoms with Gasteiger partial charge in [-0.2, -0.15) is 0 Å². The van der Waals surface area contributed by atoms with Crippen LogP contribution >= 0.6 is 46.4 Å². The minimum absolute atomic E-state index is 0. The second-order valence-electron chi connectivity index (χ2n) is 5.82. The van der Waals surface area contributed by atoms with Crippen LogP contribution in [0, 0.1) is 0 Å². The lowest BCUT2D eigenvalue weighted by Crippen LogP contribution is -2.18. The van der Waals surface area contributed by atoms with Gasteiger partial charge in [-0.05, 0) is 36.4 Å². The Bertz CT molecular complexity index is 1290. The van der Waals surface area contributed by atoms with Crippen molar-refractivity contribution in [3.8, 4) is 0 Å². The van der Waals surface area contributed by atoms with Gasteiger partial charge < -0.3 is 10.8 Å². The molecule has 3 heterocycles. The summed E-state index contributed by atoms with van der Waals surface area (Å²) in [5.41, 5.74) is 5.45. The number of carbonyl (C=O) groups excluding carboxylic acids is 1. The number of hydrogen-bond acceptors (Lipinski definition) is 8. The zero-order chi connectivity index (χ0) is 24.1. The summed E-state index contributed by atoms with van der Waals surface area (Å²) < 4.78 is 24.4. The lowest BCUT2D eigenvalue weighted by Gasteiger charge is -2.07. The summed E-state index contributed by atoms with van der Waals surface area (Å²) in [7, 11) is -3.92. The number of aromatic nitrogens is 3. The van der Waals surface area contributed by atoms with Gasteiger partial charge in [0.15, 0.2) is 15.6 Å². The standard InChI is InChI=1S/C12H9Cl2N3O3S.C6H3Cl2NO2.H2/c13-10-4-3-7(11(14)17-10)8(18)6-21(19,20)9-2-1-5-16-12(9)15;7-4-2-1-3(6(10)11)5(8)9-4;/h1-5H,6H2,(H2,15,16);1-2H,(H,10,11);1H. The molecule has 0 radical (unpaired) electrons. The molecule has 3 aromatic rings. The first-order valence-corrected chi connectivity index (χ1v) is 11.4. The lowest BCUT2D eigenvalue weighted by molar-refractivity contribution is 0.0696. The molecule has 0 aliphatic rings. The number of carboxylic acids is 1. The molecule has 0 amide bonds. The van der Waals surface area contributed by atoms with Crippen LogP contribution in [-0.2, 0) is 9.84 Å². The van der Waals surface area contributed by atoms with E-state index in [4.69, 9.17) is 57.2 Å². The molecule has 0 saturated heterocycles. The third-order valence-electron chi connectivity index (χ3n) is 3.62. The molecule has 0 spiro atoms. The second kappa shape index (κ2) is 10.9. The van der Waals surface area contributed by atoms with Crippen LogP contribution in [0.1, 0.15) is 22.1 Å². The molecule has 3 N–H and O–H groups in total. The highest BCUT2D eigenvalue weighted by molar-refractivity contribution is 7.92. The molecule has 3 rings (SSSR count). The monoisotopic (exact) mass is 538 g/mol. The first-order valence-electron chi connectivity index (χ1n) is 8.26. The van der Waals surface area contributed by atoms with E-state index in [1.165, 1.54) is 42.6 Å².